The van der Waals surface area contributed by atoms with E-state index in [1.54, 1.807) is 0 Å². The molecular formula is C26H42. The highest BCUT2D eigenvalue weighted by atomic mass is 14.3. The number of hydrogen-bond acceptors (Lipinski definition) is 0. The van der Waals surface area contributed by atoms with E-state index in [1.165, 1.54) is 77.0 Å². The van der Waals surface area contributed by atoms with Crippen molar-refractivity contribution in [3.05, 3.63) is 36.5 Å². The van der Waals surface area contributed by atoms with E-state index in [0.717, 1.165) is 35.5 Å². The van der Waals surface area contributed by atoms with E-state index < -0.39 is 0 Å². The molecule has 0 heterocycles. The van der Waals surface area contributed by atoms with E-state index in [4.69, 9.17) is 0 Å². The van der Waals surface area contributed by atoms with Crippen molar-refractivity contribution in [2.75, 3.05) is 0 Å². The Hall–Kier alpha value is -0.780. The summed E-state index contributed by atoms with van der Waals surface area (Å²) in [7, 11) is 0. The van der Waals surface area contributed by atoms with Crippen molar-refractivity contribution in [3.8, 4) is 0 Å². The zero-order chi connectivity index (χ0) is 18.2. The van der Waals surface area contributed by atoms with E-state index >= 15 is 0 Å². The van der Waals surface area contributed by atoms with Crippen molar-refractivity contribution in [2.45, 2.75) is 90.9 Å². The van der Waals surface area contributed by atoms with Crippen LogP contribution in [-0.2, 0) is 0 Å². The third-order valence-electron chi connectivity index (χ3n) is 7.70. The van der Waals surface area contributed by atoms with Crippen LogP contribution < -0.4 is 0 Å². The second-order valence-corrected chi connectivity index (χ2v) is 9.46. The molecule has 0 nitrogen and oxygen atoms in total. The lowest BCUT2D eigenvalue weighted by atomic mass is 9.69. The second kappa shape index (κ2) is 10.5. The maximum Gasteiger partial charge on any atom is -0.0233 e. The maximum atomic E-state index is 2.62. The van der Waals surface area contributed by atoms with Gasteiger partial charge in [0.2, 0.25) is 0 Å². The van der Waals surface area contributed by atoms with Gasteiger partial charge < -0.3 is 0 Å². The fraction of sp³-hybridized carbons (Fsp3) is 0.769. The van der Waals surface area contributed by atoms with E-state index in [9.17, 15) is 0 Å². The molecule has 0 aromatic rings. The Morgan fingerprint density at radius 1 is 0.385 bits per heavy atom. The SMILES string of the molecule is CC=CC1CCC(C=CC2CCC(C3CCC(C=CC)CC3)CC2)CC1. The predicted molar refractivity (Wildman–Crippen MR) is 115 cm³/mol. The molecule has 0 saturated heterocycles. The van der Waals surface area contributed by atoms with Crippen LogP contribution in [0.5, 0.6) is 0 Å². The predicted octanol–water partition coefficient (Wildman–Crippen LogP) is 8.11. The van der Waals surface area contributed by atoms with Gasteiger partial charge in [0.25, 0.3) is 0 Å². The molecule has 0 aromatic heterocycles. The number of allylic oxidation sites excluding steroid dienone is 6. The Balaban J connectivity index is 1.35. The minimum Gasteiger partial charge on any atom is -0.0914 e. The minimum atomic E-state index is 0.864. The van der Waals surface area contributed by atoms with E-state index in [2.05, 4.69) is 50.3 Å². The molecule has 3 fully saturated rings. The summed E-state index contributed by atoms with van der Waals surface area (Å²) in [5.41, 5.74) is 0. The molecule has 3 rings (SSSR count). The fourth-order valence-corrected chi connectivity index (χ4v) is 6.01. The zero-order valence-corrected chi connectivity index (χ0v) is 17.4. The van der Waals surface area contributed by atoms with Gasteiger partial charge in [-0.15, -0.1) is 0 Å². The Morgan fingerprint density at radius 2 is 0.654 bits per heavy atom. The van der Waals surface area contributed by atoms with Gasteiger partial charge in [0.15, 0.2) is 0 Å². The first-order chi connectivity index (χ1) is 12.8. The summed E-state index contributed by atoms with van der Waals surface area (Å²) in [6.07, 6.45) is 32.1. The summed E-state index contributed by atoms with van der Waals surface area (Å²) in [6.45, 7) is 4.34. The smallest absolute Gasteiger partial charge is 0.0233 e. The average Bonchev–Trinajstić information content (AvgIpc) is 2.69. The van der Waals surface area contributed by atoms with Crippen LogP contribution >= 0.6 is 0 Å². The third kappa shape index (κ3) is 5.86. The number of hydrogen-bond donors (Lipinski definition) is 0. The molecule has 0 aliphatic heterocycles. The summed E-state index contributed by atoms with van der Waals surface area (Å²) in [5, 5.41) is 0. The van der Waals surface area contributed by atoms with Crippen molar-refractivity contribution in [1.82, 2.24) is 0 Å². The molecule has 0 bridgehead atoms. The molecule has 0 heteroatoms. The summed E-state index contributed by atoms with van der Waals surface area (Å²) in [4.78, 5) is 0. The van der Waals surface area contributed by atoms with Crippen LogP contribution in [-0.4, -0.2) is 0 Å². The van der Waals surface area contributed by atoms with Gasteiger partial charge in [-0.25, -0.2) is 0 Å². The monoisotopic (exact) mass is 354 g/mol. The summed E-state index contributed by atoms with van der Waals surface area (Å²) in [5.74, 6) is 5.60. The van der Waals surface area contributed by atoms with Gasteiger partial charge in [0, 0.05) is 0 Å². The van der Waals surface area contributed by atoms with Crippen LogP contribution in [0.25, 0.3) is 0 Å². The molecule has 0 atom stereocenters. The quantitative estimate of drug-likeness (QED) is 0.437. The van der Waals surface area contributed by atoms with Crippen molar-refractivity contribution < 1.29 is 0 Å². The van der Waals surface area contributed by atoms with Crippen molar-refractivity contribution in [2.24, 2.45) is 35.5 Å². The highest BCUT2D eigenvalue weighted by Gasteiger charge is 2.29. The van der Waals surface area contributed by atoms with Crippen molar-refractivity contribution in [1.29, 1.82) is 0 Å². The molecule has 0 N–H and O–H groups in total. The Bertz CT molecular complexity index is 458. The van der Waals surface area contributed by atoms with E-state index in [1.807, 2.05) is 0 Å². The number of rotatable bonds is 5. The van der Waals surface area contributed by atoms with Gasteiger partial charge in [-0.3, -0.25) is 0 Å². The maximum absolute atomic E-state index is 2.62. The molecule has 0 spiro atoms. The van der Waals surface area contributed by atoms with E-state index in [0.29, 0.717) is 0 Å². The van der Waals surface area contributed by atoms with Gasteiger partial charge in [0.1, 0.15) is 0 Å². The first-order valence-corrected chi connectivity index (χ1v) is 11.7. The molecule has 0 aromatic carbocycles. The lowest BCUT2D eigenvalue weighted by Gasteiger charge is -2.37. The molecule has 0 unspecified atom stereocenters. The molecule has 0 radical (unpaired) electrons. The van der Waals surface area contributed by atoms with Crippen LogP contribution in [0.2, 0.25) is 0 Å². The van der Waals surface area contributed by atoms with Gasteiger partial charge in [0.05, 0.1) is 0 Å². The van der Waals surface area contributed by atoms with E-state index in [-0.39, 0.29) is 0 Å². The topological polar surface area (TPSA) is 0 Å². The molecule has 3 aliphatic rings. The highest BCUT2D eigenvalue weighted by molar-refractivity contribution is 4.99. The first kappa shape index (κ1) is 20.0. The standard InChI is InChI=1S/C26H42/c1-3-5-21-7-9-23(10-8-21)11-12-24-15-19-26(20-16-24)25-17-13-22(6-4-2)14-18-25/h3-6,11-12,21-26H,7-10,13-20H2,1-2H3. The van der Waals surface area contributed by atoms with Gasteiger partial charge in [-0.05, 0) is 126 Å². The van der Waals surface area contributed by atoms with Crippen LogP contribution in [0, 0.1) is 35.5 Å². The lowest BCUT2D eigenvalue weighted by molar-refractivity contribution is 0.166. The van der Waals surface area contributed by atoms with Crippen molar-refractivity contribution >= 4 is 0 Å². The van der Waals surface area contributed by atoms with Crippen LogP contribution in [0.4, 0.5) is 0 Å². The summed E-state index contributed by atoms with van der Waals surface area (Å²) >= 11 is 0. The third-order valence-corrected chi connectivity index (χ3v) is 7.70. The average molecular weight is 355 g/mol. The zero-order valence-electron chi connectivity index (χ0n) is 17.4. The Labute approximate surface area is 163 Å². The molecule has 3 aliphatic carbocycles. The summed E-state index contributed by atoms with van der Waals surface area (Å²) < 4.78 is 0. The van der Waals surface area contributed by atoms with Crippen LogP contribution in [0.3, 0.4) is 0 Å². The first-order valence-electron chi connectivity index (χ1n) is 11.7. The summed E-state index contributed by atoms with van der Waals surface area (Å²) in [6, 6.07) is 0. The molecular weight excluding hydrogens is 312 g/mol. The Morgan fingerprint density at radius 3 is 0.962 bits per heavy atom. The molecule has 0 amide bonds. The second-order valence-electron chi connectivity index (χ2n) is 9.46. The lowest BCUT2D eigenvalue weighted by Crippen LogP contribution is -2.25. The van der Waals surface area contributed by atoms with Crippen LogP contribution in [0.1, 0.15) is 90.9 Å². The fourth-order valence-electron chi connectivity index (χ4n) is 6.01. The molecule has 3 saturated carbocycles. The highest BCUT2D eigenvalue weighted by Crippen LogP contribution is 2.42. The molecule has 146 valence electrons. The van der Waals surface area contributed by atoms with Gasteiger partial charge in [-0.1, -0.05) is 36.5 Å². The minimum absolute atomic E-state index is 0.864. The Kier molecular flexibility index (Phi) is 8.08. The van der Waals surface area contributed by atoms with Gasteiger partial charge >= 0.3 is 0 Å². The largest absolute Gasteiger partial charge is 0.0914 e. The molecule has 26 heavy (non-hydrogen) atoms. The van der Waals surface area contributed by atoms with Crippen LogP contribution in [0.15, 0.2) is 36.5 Å². The van der Waals surface area contributed by atoms with Gasteiger partial charge in [-0.2, -0.15) is 0 Å². The van der Waals surface area contributed by atoms with Crippen molar-refractivity contribution in [3.63, 3.8) is 0 Å². The normalized spacial score (nSPS) is 39.9.